The summed E-state index contributed by atoms with van der Waals surface area (Å²) in [5, 5.41) is 14.9. The highest BCUT2D eigenvalue weighted by Gasteiger charge is 2.03. The fourth-order valence-electron chi connectivity index (χ4n) is 1.82. The molecule has 0 spiro atoms. The van der Waals surface area contributed by atoms with Crippen molar-refractivity contribution < 1.29 is 5.11 Å². The van der Waals surface area contributed by atoms with Crippen molar-refractivity contribution in [2.45, 2.75) is 6.42 Å². The van der Waals surface area contributed by atoms with Crippen LogP contribution in [0.2, 0.25) is 0 Å². The molecule has 0 saturated carbocycles. The maximum absolute atomic E-state index is 9.71. The minimum atomic E-state index is 0.360. The van der Waals surface area contributed by atoms with Crippen LogP contribution >= 0.6 is 0 Å². The maximum atomic E-state index is 9.71. The Morgan fingerprint density at radius 2 is 1.80 bits per heavy atom. The number of phenols is 1. The second-order valence-electron chi connectivity index (χ2n) is 3.64. The largest absolute Gasteiger partial charge is 0.507 e. The van der Waals surface area contributed by atoms with Crippen LogP contribution in [0.25, 0.3) is 10.8 Å². The van der Waals surface area contributed by atoms with E-state index in [0.717, 1.165) is 23.7 Å². The minimum absolute atomic E-state index is 0.360. The number of phenolic OH excluding ortho intramolecular Hbond substituents is 1. The highest BCUT2D eigenvalue weighted by Crippen LogP contribution is 2.27. The van der Waals surface area contributed by atoms with Gasteiger partial charge in [-0.1, -0.05) is 30.3 Å². The van der Waals surface area contributed by atoms with Gasteiger partial charge < -0.3 is 10.4 Å². The summed E-state index contributed by atoms with van der Waals surface area (Å²) in [6.07, 6.45) is 0.983. The second kappa shape index (κ2) is 4.32. The van der Waals surface area contributed by atoms with Crippen molar-refractivity contribution in [2.24, 2.45) is 0 Å². The number of hydrogen-bond donors (Lipinski definition) is 2. The van der Waals surface area contributed by atoms with Gasteiger partial charge >= 0.3 is 0 Å². The molecular weight excluding hydrogens is 186 g/mol. The predicted molar refractivity (Wildman–Crippen MR) is 63.2 cm³/mol. The van der Waals surface area contributed by atoms with Crippen LogP contribution in [-0.2, 0) is 6.42 Å². The molecule has 78 valence electrons. The molecular formula is C13H15NO. The first-order chi connectivity index (χ1) is 7.33. The third-order valence-electron chi connectivity index (χ3n) is 2.64. The lowest BCUT2D eigenvalue weighted by Gasteiger charge is -2.07. The number of benzene rings is 2. The molecule has 0 aliphatic rings. The average molecular weight is 201 g/mol. The van der Waals surface area contributed by atoms with Gasteiger partial charge in [0.15, 0.2) is 0 Å². The zero-order valence-corrected chi connectivity index (χ0v) is 8.83. The molecule has 15 heavy (non-hydrogen) atoms. The van der Waals surface area contributed by atoms with Crippen LogP contribution in [0.15, 0.2) is 36.4 Å². The quantitative estimate of drug-likeness (QED) is 0.798. The monoisotopic (exact) mass is 201 g/mol. The van der Waals surface area contributed by atoms with E-state index in [1.165, 1.54) is 5.56 Å². The SMILES string of the molecule is CNCCc1ccc(O)c2ccccc12. The van der Waals surface area contributed by atoms with E-state index in [-0.39, 0.29) is 0 Å². The Kier molecular flexibility index (Phi) is 2.88. The Morgan fingerprint density at radius 3 is 2.53 bits per heavy atom. The van der Waals surface area contributed by atoms with E-state index in [2.05, 4.69) is 11.4 Å². The smallest absolute Gasteiger partial charge is 0.123 e. The lowest BCUT2D eigenvalue weighted by molar-refractivity contribution is 0.481. The molecule has 0 atom stereocenters. The summed E-state index contributed by atoms with van der Waals surface area (Å²) in [4.78, 5) is 0. The normalized spacial score (nSPS) is 10.7. The molecule has 0 aliphatic heterocycles. The topological polar surface area (TPSA) is 32.3 Å². The lowest BCUT2D eigenvalue weighted by atomic mass is 10.0. The van der Waals surface area contributed by atoms with Crippen LogP contribution in [0.4, 0.5) is 0 Å². The first-order valence-electron chi connectivity index (χ1n) is 5.17. The molecule has 2 heteroatoms. The molecule has 0 saturated heterocycles. The highest BCUT2D eigenvalue weighted by molar-refractivity contribution is 5.90. The van der Waals surface area contributed by atoms with E-state index < -0.39 is 0 Å². The third kappa shape index (κ3) is 1.95. The molecule has 0 fully saturated rings. The molecule has 2 aromatic carbocycles. The van der Waals surface area contributed by atoms with Gasteiger partial charge in [-0.3, -0.25) is 0 Å². The van der Waals surface area contributed by atoms with Gasteiger partial charge in [-0.15, -0.1) is 0 Å². The molecule has 0 unspecified atom stereocenters. The molecule has 0 bridgehead atoms. The summed E-state index contributed by atoms with van der Waals surface area (Å²) >= 11 is 0. The van der Waals surface area contributed by atoms with Crippen molar-refractivity contribution in [1.29, 1.82) is 0 Å². The summed E-state index contributed by atoms with van der Waals surface area (Å²) in [5.41, 5.74) is 1.28. The molecule has 0 amide bonds. The van der Waals surface area contributed by atoms with E-state index in [4.69, 9.17) is 0 Å². The Hall–Kier alpha value is -1.54. The van der Waals surface area contributed by atoms with Crippen molar-refractivity contribution in [1.82, 2.24) is 5.32 Å². The van der Waals surface area contributed by atoms with E-state index in [1.54, 1.807) is 6.07 Å². The van der Waals surface area contributed by atoms with Gasteiger partial charge in [0.05, 0.1) is 0 Å². The number of nitrogens with one attached hydrogen (secondary N) is 1. The van der Waals surface area contributed by atoms with Crippen molar-refractivity contribution >= 4 is 10.8 Å². The molecule has 2 N–H and O–H groups in total. The Labute approximate surface area is 89.6 Å². The Bertz CT molecular complexity index is 465. The van der Waals surface area contributed by atoms with Gasteiger partial charge in [0.2, 0.25) is 0 Å². The van der Waals surface area contributed by atoms with E-state index >= 15 is 0 Å². The molecule has 0 aliphatic carbocycles. The van der Waals surface area contributed by atoms with Crippen molar-refractivity contribution in [3.63, 3.8) is 0 Å². The molecule has 0 radical (unpaired) electrons. The van der Waals surface area contributed by atoms with Gasteiger partial charge in [0.1, 0.15) is 5.75 Å². The van der Waals surface area contributed by atoms with Crippen LogP contribution < -0.4 is 5.32 Å². The molecule has 0 aromatic heterocycles. The molecule has 2 aromatic rings. The lowest BCUT2D eigenvalue weighted by Crippen LogP contribution is -2.10. The zero-order chi connectivity index (χ0) is 10.7. The van der Waals surface area contributed by atoms with E-state index in [9.17, 15) is 5.11 Å². The average Bonchev–Trinajstić information content (AvgIpc) is 2.29. The summed E-state index contributed by atoms with van der Waals surface area (Å²) < 4.78 is 0. The fourth-order valence-corrected chi connectivity index (χ4v) is 1.82. The number of hydrogen-bond acceptors (Lipinski definition) is 2. The molecule has 2 rings (SSSR count). The van der Waals surface area contributed by atoms with Crippen LogP contribution in [-0.4, -0.2) is 18.7 Å². The van der Waals surface area contributed by atoms with E-state index in [1.807, 2.05) is 31.3 Å². The molecule has 2 nitrogen and oxygen atoms in total. The third-order valence-corrected chi connectivity index (χ3v) is 2.64. The highest BCUT2D eigenvalue weighted by atomic mass is 16.3. The summed E-state index contributed by atoms with van der Waals surface area (Å²) in [5.74, 6) is 0.360. The minimum Gasteiger partial charge on any atom is -0.507 e. The van der Waals surface area contributed by atoms with Crippen LogP contribution in [0.3, 0.4) is 0 Å². The summed E-state index contributed by atoms with van der Waals surface area (Å²) in [7, 11) is 1.95. The molecule has 0 heterocycles. The summed E-state index contributed by atoms with van der Waals surface area (Å²) in [6.45, 7) is 0.953. The number of rotatable bonds is 3. The Morgan fingerprint density at radius 1 is 1.07 bits per heavy atom. The predicted octanol–water partition coefficient (Wildman–Crippen LogP) is 2.31. The van der Waals surface area contributed by atoms with Crippen LogP contribution in [0.5, 0.6) is 5.75 Å². The fraction of sp³-hybridized carbons (Fsp3) is 0.231. The Balaban J connectivity index is 2.51. The van der Waals surface area contributed by atoms with Crippen molar-refractivity contribution in [2.75, 3.05) is 13.6 Å². The standard InChI is InChI=1S/C13H15NO/c1-14-9-8-10-6-7-13(15)12-5-3-2-4-11(10)12/h2-7,14-15H,8-9H2,1H3. The zero-order valence-electron chi connectivity index (χ0n) is 8.83. The second-order valence-corrected chi connectivity index (χ2v) is 3.64. The van der Waals surface area contributed by atoms with Gasteiger partial charge in [-0.25, -0.2) is 0 Å². The summed E-state index contributed by atoms with van der Waals surface area (Å²) in [6, 6.07) is 11.7. The number of aromatic hydroxyl groups is 1. The maximum Gasteiger partial charge on any atom is 0.123 e. The van der Waals surface area contributed by atoms with Gasteiger partial charge in [0, 0.05) is 5.39 Å². The first kappa shape index (κ1) is 9.99. The van der Waals surface area contributed by atoms with Gasteiger partial charge in [0.25, 0.3) is 0 Å². The number of likely N-dealkylation sites (N-methyl/N-ethyl adjacent to an activating group) is 1. The number of fused-ring (bicyclic) bond motifs is 1. The van der Waals surface area contributed by atoms with Crippen LogP contribution in [0.1, 0.15) is 5.56 Å². The van der Waals surface area contributed by atoms with Crippen molar-refractivity contribution in [3.05, 3.63) is 42.0 Å². The van der Waals surface area contributed by atoms with Crippen molar-refractivity contribution in [3.8, 4) is 5.75 Å². The first-order valence-corrected chi connectivity index (χ1v) is 5.17. The van der Waals surface area contributed by atoms with Gasteiger partial charge in [-0.05, 0) is 37.0 Å². The van der Waals surface area contributed by atoms with E-state index in [0.29, 0.717) is 5.75 Å². The van der Waals surface area contributed by atoms with Gasteiger partial charge in [-0.2, -0.15) is 0 Å². The van der Waals surface area contributed by atoms with Crippen LogP contribution in [0, 0.1) is 0 Å².